The molecule has 0 radical (unpaired) electrons. The van der Waals surface area contributed by atoms with Gasteiger partial charge in [0.05, 0.1) is 17.4 Å². The molecule has 0 aromatic heterocycles. The van der Waals surface area contributed by atoms with Crippen LogP contribution in [0.3, 0.4) is 0 Å². The quantitative estimate of drug-likeness (QED) is 0.674. The van der Waals surface area contributed by atoms with Gasteiger partial charge >= 0.3 is 0 Å². The van der Waals surface area contributed by atoms with Crippen LogP contribution in [0, 0.1) is 23.2 Å². The smallest absolute Gasteiger partial charge is 0.186 e. The SMILES string of the molecule is CC(=O)SCC#Cc1ccc(C#N)cc1. The van der Waals surface area contributed by atoms with Gasteiger partial charge in [-0.15, -0.1) is 0 Å². The Morgan fingerprint density at radius 3 is 2.47 bits per heavy atom. The van der Waals surface area contributed by atoms with Crippen molar-refractivity contribution < 1.29 is 4.79 Å². The van der Waals surface area contributed by atoms with Crippen molar-refractivity contribution in [3.8, 4) is 17.9 Å². The molecule has 0 spiro atoms. The summed E-state index contributed by atoms with van der Waals surface area (Å²) >= 11 is 1.19. The Morgan fingerprint density at radius 2 is 1.93 bits per heavy atom. The van der Waals surface area contributed by atoms with E-state index < -0.39 is 0 Å². The lowest BCUT2D eigenvalue weighted by Gasteiger charge is -1.89. The van der Waals surface area contributed by atoms with E-state index in [2.05, 4.69) is 11.8 Å². The van der Waals surface area contributed by atoms with E-state index in [4.69, 9.17) is 5.26 Å². The van der Waals surface area contributed by atoms with E-state index in [1.807, 2.05) is 6.07 Å². The van der Waals surface area contributed by atoms with Crippen molar-refractivity contribution >= 4 is 16.9 Å². The van der Waals surface area contributed by atoms with Crippen molar-refractivity contribution in [2.75, 3.05) is 5.75 Å². The van der Waals surface area contributed by atoms with E-state index in [0.29, 0.717) is 11.3 Å². The fraction of sp³-hybridized carbons (Fsp3) is 0.167. The summed E-state index contributed by atoms with van der Waals surface area (Å²) in [5.41, 5.74) is 1.48. The first-order valence-electron chi connectivity index (χ1n) is 4.35. The van der Waals surface area contributed by atoms with E-state index in [0.717, 1.165) is 5.56 Å². The molecule has 0 amide bonds. The van der Waals surface area contributed by atoms with Gasteiger partial charge in [0, 0.05) is 12.5 Å². The second-order valence-electron chi connectivity index (χ2n) is 2.77. The first kappa shape index (κ1) is 11.4. The Bertz CT molecular complexity index is 445. The minimum atomic E-state index is 0.0733. The summed E-state index contributed by atoms with van der Waals surface area (Å²) in [7, 11) is 0. The molecule has 3 heteroatoms. The van der Waals surface area contributed by atoms with Crippen LogP contribution in [0.15, 0.2) is 24.3 Å². The molecule has 15 heavy (non-hydrogen) atoms. The van der Waals surface area contributed by atoms with E-state index in [1.54, 1.807) is 24.3 Å². The summed E-state index contributed by atoms with van der Waals surface area (Å²) in [4.78, 5) is 10.6. The van der Waals surface area contributed by atoms with Gasteiger partial charge in [-0.2, -0.15) is 5.26 Å². The van der Waals surface area contributed by atoms with Crippen molar-refractivity contribution in [3.05, 3.63) is 35.4 Å². The number of rotatable bonds is 1. The summed E-state index contributed by atoms with van der Waals surface area (Å²) in [5.74, 6) is 6.31. The third kappa shape index (κ3) is 4.35. The molecule has 1 rings (SSSR count). The molecule has 0 aliphatic carbocycles. The van der Waals surface area contributed by atoms with Crippen LogP contribution in [0.4, 0.5) is 0 Å². The predicted molar refractivity (Wildman–Crippen MR) is 61.2 cm³/mol. The number of nitrogens with zero attached hydrogens (tertiary/aromatic N) is 1. The Labute approximate surface area is 93.3 Å². The second-order valence-corrected chi connectivity index (χ2v) is 3.92. The lowest BCUT2D eigenvalue weighted by Crippen LogP contribution is -1.82. The van der Waals surface area contributed by atoms with Crippen LogP contribution in [0.2, 0.25) is 0 Å². The monoisotopic (exact) mass is 215 g/mol. The van der Waals surface area contributed by atoms with Crippen molar-refractivity contribution in [3.63, 3.8) is 0 Å². The lowest BCUT2D eigenvalue weighted by molar-refractivity contribution is -0.109. The van der Waals surface area contributed by atoms with E-state index in [-0.39, 0.29) is 5.12 Å². The van der Waals surface area contributed by atoms with Crippen LogP contribution < -0.4 is 0 Å². The van der Waals surface area contributed by atoms with Gasteiger partial charge < -0.3 is 0 Å². The molecule has 0 fully saturated rings. The number of benzene rings is 1. The lowest BCUT2D eigenvalue weighted by atomic mass is 10.1. The number of carbonyl (C=O) groups is 1. The van der Waals surface area contributed by atoms with Crippen molar-refractivity contribution in [2.45, 2.75) is 6.92 Å². The van der Waals surface area contributed by atoms with Crippen molar-refractivity contribution in [1.29, 1.82) is 5.26 Å². The van der Waals surface area contributed by atoms with Crippen LogP contribution in [0.5, 0.6) is 0 Å². The normalized spacial score (nSPS) is 8.53. The molecule has 1 aromatic carbocycles. The van der Waals surface area contributed by atoms with Crippen LogP contribution >= 0.6 is 11.8 Å². The highest BCUT2D eigenvalue weighted by atomic mass is 32.2. The molecule has 0 N–H and O–H groups in total. The average molecular weight is 215 g/mol. The molecule has 0 saturated heterocycles. The van der Waals surface area contributed by atoms with Gasteiger partial charge in [0.15, 0.2) is 5.12 Å². The van der Waals surface area contributed by atoms with Crippen molar-refractivity contribution in [2.24, 2.45) is 0 Å². The molecule has 1 aromatic rings. The Balaban J connectivity index is 2.57. The summed E-state index contributed by atoms with van der Waals surface area (Å²) < 4.78 is 0. The highest BCUT2D eigenvalue weighted by Crippen LogP contribution is 2.02. The van der Waals surface area contributed by atoms with E-state index in [1.165, 1.54) is 18.7 Å². The number of hydrogen-bond donors (Lipinski definition) is 0. The maximum atomic E-state index is 10.6. The van der Waals surface area contributed by atoms with Crippen molar-refractivity contribution in [1.82, 2.24) is 0 Å². The molecular weight excluding hydrogens is 206 g/mol. The maximum absolute atomic E-state index is 10.6. The molecule has 2 nitrogen and oxygen atoms in total. The number of carbonyl (C=O) groups excluding carboxylic acids is 1. The van der Waals surface area contributed by atoms with Gasteiger partial charge in [-0.3, -0.25) is 4.79 Å². The second kappa shape index (κ2) is 5.90. The van der Waals surface area contributed by atoms with Crippen LogP contribution in [0.25, 0.3) is 0 Å². The number of thioether (sulfide) groups is 1. The molecular formula is C12H9NOS. The molecule has 0 unspecified atom stereocenters. The predicted octanol–water partition coefficient (Wildman–Crippen LogP) is 2.19. The topological polar surface area (TPSA) is 40.9 Å². The Hall–Kier alpha value is -1.71. The summed E-state index contributed by atoms with van der Waals surface area (Å²) in [5, 5.41) is 8.65. The number of hydrogen-bond acceptors (Lipinski definition) is 3. The average Bonchev–Trinajstić information content (AvgIpc) is 2.25. The zero-order valence-electron chi connectivity index (χ0n) is 8.28. The van der Waals surface area contributed by atoms with Crippen LogP contribution in [0.1, 0.15) is 18.1 Å². The standard InChI is InChI=1S/C12H9NOS/c1-10(14)15-8-2-3-11-4-6-12(9-13)7-5-11/h4-7H,8H2,1H3. The van der Waals surface area contributed by atoms with Gasteiger partial charge in [0.2, 0.25) is 0 Å². The van der Waals surface area contributed by atoms with Gasteiger partial charge in [-0.25, -0.2) is 0 Å². The minimum Gasteiger partial charge on any atom is -0.288 e. The molecule has 0 saturated carbocycles. The molecule has 0 bridgehead atoms. The summed E-state index contributed by atoms with van der Waals surface area (Å²) in [6.45, 7) is 1.52. The van der Waals surface area contributed by atoms with E-state index >= 15 is 0 Å². The maximum Gasteiger partial charge on any atom is 0.186 e. The first-order valence-corrected chi connectivity index (χ1v) is 5.33. The van der Waals surface area contributed by atoms with Crippen LogP contribution in [-0.4, -0.2) is 10.9 Å². The van der Waals surface area contributed by atoms with Gasteiger partial charge in [-0.1, -0.05) is 23.6 Å². The fourth-order valence-corrected chi connectivity index (χ4v) is 1.25. The molecule has 0 aliphatic heterocycles. The number of nitriles is 1. The van der Waals surface area contributed by atoms with Gasteiger partial charge in [0.25, 0.3) is 0 Å². The third-order valence-corrected chi connectivity index (χ3v) is 2.29. The Morgan fingerprint density at radius 1 is 1.33 bits per heavy atom. The fourth-order valence-electron chi connectivity index (χ4n) is 0.904. The summed E-state index contributed by atoms with van der Waals surface area (Å²) in [6.07, 6.45) is 0. The molecule has 74 valence electrons. The molecule has 0 aliphatic rings. The highest BCUT2D eigenvalue weighted by molar-refractivity contribution is 8.13. The largest absolute Gasteiger partial charge is 0.288 e. The molecule has 0 atom stereocenters. The van der Waals surface area contributed by atoms with E-state index in [9.17, 15) is 4.79 Å². The summed E-state index contributed by atoms with van der Waals surface area (Å²) in [6, 6.07) is 9.08. The highest BCUT2D eigenvalue weighted by Gasteiger charge is 1.90. The third-order valence-electron chi connectivity index (χ3n) is 1.59. The van der Waals surface area contributed by atoms with Crippen LogP contribution in [-0.2, 0) is 4.79 Å². The zero-order chi connectivity index (χ0) is 11.1. The van der Waals surface area contributed by atoms with Gasteiger partial charge in [-0.05, 0) is 24.3 Å². The Kier molecular flexibility index (Phi) is 4.47. The van der Waals surface area contributed by atoms with Gasteiger partial charge in [0.1, 0.15) is 0 Å². The zero-order valence-corrected chi connectivity index (χ0v) is 9.10. The molecule has 0 heterocycles. The first-order chi connectivity index (χ1) is 7.22. The minimum absolute atomic E-state index is 0.0733.